The van der Waals surface area contributed by atoms with Crippen molar-refractivity contribution in [1.82, 2.24) is 15.2 Å². The first kappa shape index (κ1) is 16.5. The van der Waals surface area contributed by atoms with Crippen LogP contribution in [0.3, 0.4) is 0 Å². The van der Waals surface area contributed by atoms with Crippen LogP contribution in [0, 0.1) is 0 Å². The highest BCUT2D eigenvalue weighted by molar-refractivity contribution is 5.59. The minimum absolute atomic E-state index is 0.204. The second kappa shape index (κ2) is 6.63. The van der Waals surface area contributed by atoms with Gasteiger partial charge in [-0.25, -0.2) is 0 Å². The molecule has 0 atom stereocenters. The molecule has 24 heavy (non-hydrogen) atoms. The average Bonchev–Trinajstić information content (AvgIpc) is 2.55. The Morgan fingerprint density at radius 3 is 2.29 bits per heavy atom. The fourth-order valence-electron chi connectivity index (χ4n) is 2.93. The maximum Gasteiger partial charge on any atom is 0.274 e. The van der Waals surface area contributed by atoms with Gasteiger partial charge >= 0.3 is 0 Å². The molecule has 0 radical (unpaired) electrons. The Bertz CT molecular complexity index is 739. The predicted octanol–water partition coefficient (Wildman–Crippen LogP) is 3.20. The van der Waals surface area contributed by atoms with E-state index in [2.05, 4.69) is 37.5 Å². The molecular weight excluding hydrogens is 302 g/mol. The number of benzene rings is 1. The number of nitrogens with zero attached hydrogens (tertiary/aromatic N) is 3. The maximum absolute atomic E-state index is 12.1. The third kappa shape index (κ3) is 3.75. The van der Waals surface area contributed by atoms with Gasteiger partial charge in [0.25, 0.3) is 5.56 Å². The molecule has 6 nitrogen and oxygen atoms in total. The minimum Gasteiger partial charge on any atom is -0.372 e. The van der Waals surface area contributed by atoms with Gasteiger partial charge in [-0.2, -0.15) is 0 Å². The summed E-state index contributed by atoms with van der Waals surface area (Å²) in [6, 6.07) is 8.20. The molecule has 0 amide bonds. The van der Waals surface area contributed by atoms with E-state index in [-0.39, 0.29) is 11.0 Å². The van der Waals surface area contributed by atoms with Crippen LogP contribution in [0.25, 0.3) is 0 Å². The summed E-state index contributed by atoms with van der Waals surface area (Å²) in [6.07, 6.45) is 3.85. The lowest BCUT2D eigenvalue weighted by Gasteiger charge is -2.28. The molecule has 1 aliphatic heterocycles. The van der Waals surface area contributed by atoms with E-state index < -0.39 is 0 Å². The number of H-pyrrole nitrogens is 1. The molecule has 3 rings (SSSR count). The molecule has 1 aromatic carbocycles. The lowest BCUT2D eigenvalue weighted by atomic mass is 9.93. The first-order valence-electron chi connectivity index (χ1n) is 8.53. The molecule has 128 valence electrons. The van der Waals surface area contributed by atoms with Crippen molar-refractivity contribution < 1.29 is 0 Å². The summed E-state index contributed by atoms with van der Waals surface area (Å²) in [7, 11) is 0. The third-order valence-corrected chi connectivity index (χ3v) is 4.26. The number of aromatic nitrogens is 3. The van der Waals surface area contributed by atoms with Crippen LogP contribution in [-0.2, 0) is 5.41 Å². The number of aromatic amines is 1. The maximum atomic E-state index is 12.1. The summed E-state index contributed by atoms with van der Waals surface area (Å²) in [4.78, 5) is 17.3. The zero-order valence-corrected chi connectivity index (χ0v) is 14.6. The summed E-state index contributed by atoms with van der Waals surface area (Å²) in [5.41, 5.74) is 2.03. The van der Waals surface area contributed by atoms with Crippen molar-refractivity contribution in [2.75, 3.05) is 23.3 Å². The number of rotatable bonds is 3. The van der Waals surface area contributed by atoms with E-state index in [1.807, 2.05) is 32.9 Å². The summed E-state index contributed by atoms with van der Waals surface area (Å²) in [5, 5.41) is 11.3. The quantitative estimate of drug-likeness (QED) is 0.905. The van der Waals surface area contributed by atoms with Gasteiger partial charge in [-0.05, 0) is 43.5 Å². The Balaban J connectivity index is 1.72. The molecule has 0 unspecified atom stereocenters. The number of anilines is 3. The average molecular weight is 327 g/mol. The van der Waals surface area contributed by atoms with Gasteiger partial charge in [0, 0.05) is 29.9 Å². The van der Waals surface area contributed by atoms with Gasteiger partial charge in [0.05, 0.1) is 0 Å². The number of piperidine rings is 1. The molecule has 2 aromatic rings. The first-order chi connectivity index (χ1) is 11.4. The normalized spacial score (nSPS) is 15.4. The largest absolute Gasteiger partial charge is 0.372 e. The molecule has 2 N–H and O–H groups in total. The second-order valence-electron chi connectivity index (χ2n) is 7.32. The third-order valence-electron chi connectivity index (χ3n) is 4.26. The van der Waals surface area contributed by atoms with Crippen LogP contribution in [0.4, 0.5) is 17.3 Å². The van der Waals surface area contributed by atoms with Crippen molar-refractivity contribution in [3.05, 3.63) is 40.3 Å². The van der Waals surface area contributed by atoms with E-state index >= 15 is 0 Å². The lowest BCUT2D eigenvalue weighted by molar-refractivity contribution is 0.547. The fourth-order valence-corrected chi connectivity index (χ4v) is 2.93. The van der Waals surface area contributed by atoms with Crippen LogP contribution in [0.15, 0.2) is 29.1 Å². The molecule has 0 bridgehead atoms. The first-order valence-corrected chi connectivity index (χ1v) is 8.53. The molecule has 0 saturated carbocycles. The molecule has 1 fully saturated rings. The molecule has 1 aromatic heterocycles. The standard InChI is InChI=1S/C18H25N5O/c1-18(2,3)15-16(24)20-17(22-21-15)19-13-7-9-14(10-8-13)23-11-5-4-6-12-23/h7-10H,4-6,11-12H2,1-3H3,(H2,19,20,22,24). The fraction of sp³-hybridized carbons (Fsp3) is 0.500. The van der Waals surface area contributed by atoms with Gasteiger partial charge in [-0.3, -0.25) is 9.78 Å². The van der Waals surface area contributed by atoms with Gasteiger partial charge in [0.1, 0.15) is 5.69 Å². The van der Waals surface area contributed by atoms with Crippen molar-refractivity contribution >= 4 is 17.3 Å². The molecule has 6 heteroatoms. The predicted molar refractivity (Wildman–Crippen MR) is 97.1 cm³/mol. The highest BCUT2D eigenvalue weighted by Crippen LogP contribution is 2.23. The lowest BCUT2D eigenvalue weighted by Crippen LogP contribution is -2.29. The molecule has 2 heterocycles. The van der Waals surface area contributed by atoms with E-state index in [1.165, 1.54) is 24.9 Å². The monoisotopic (exact) mass is 327 g/mol. The smallest absolute Gasteiger partial charge is 0.274 e. The zero-order chi connectivity index (χ0) is 17.2. The van der Waals surface area contributed by atoms with Gasteiger partial charge in [0.15, 0.2) is 0 Å². The Hall–Kier alpha value is -2.37. The Labute approximate surface area is 142 Å². The van der Waals surface area contributed by atoms with Gasteiger partial charge in [0.2, 0.25) is 5.95 Å². The highest BCUT2D eigenvalue weighted by atomic mass is 16.1. The van der Waals surface area contributed by atoms with Crippen LogP contribution in [0.5, 0.6) is 0 Å². The number of nitrogens with one attached hydrogen (secondary N) is 2. The summed E-state index contributed by atoms with van der Waals surface area (Å²) >= 11 is 0. The van der Waals surface area contributed by atoms with E-state index in [9.17, 15) is 4.79 Å². The van der Waals surface area contributed by atoms with Crippen molar-refractivity contribution in [3.8, 4) is 0 Å². The van der Waals surface area contributed by atoms with Crippen molar-refractivity contribution in [1.29, 1.82) is 0 Å². The topological polar surface area (TPSA) is 73.9 Å². The SMILES string of the molecule is CC(C)(C)c1nnc(Nc2ccc(N3CCCCC3)cc2)[nH]c1=O. The summed E-state index contributed by atoms with van der Waals surface area (Å²) in [5.74, 6) is 0.360. The van der Waals surface area contributed by atoms with E-state index in [4.69, 9.17) is 0 Å². The van der Waals surface area contributed by atoms with Crippen molar-refractivity contribution in [2.24, 2.45) is 0 Å². The van der Waals surface area contributed by atoms with Crippen LogP contribution in [0.2, 0.25) is 0 Å². The molecule has 0 aliphatic carbocycles. The van der Waals surface area contributed by atoms with E-state index in [0.717, 1.165) is 18.8 Å². The summed E-state index contributed by atoms with van der Waals surface area (Å²) < 4.78 is 0. The minimum atomic E-state index is -0.324. The Kier molecular flexibility index (Phi) is 4.55. The van der Waals surface area contributed by atoms with Crippen molar-refractivity contribution in [2.45, 2.75) is 45.4 Å². The highest BCUT2D eigenvalue weighted by Gasteiger charge is 2.20. The molecular formula is C18H25N5O. The van der Waals surface area contributed by atoms with Crippen LogP contribution < -0.4 is 15.8 Å². The zero-order valence-electron chi connectivity index (χ0n) is 14.6. The summed E-state index contributed by atoms with van der Waals surface area (Å²) in [6.45, 7) is 8.08. The van der Waals surface area contributed by atoms with Gasteiger partial charge in [-0.15, -0.1) is 10.2 Å². The number of hydrogen-bond acceptors (Lipinski definition) is 5. The van der Waals surface area contributed by atoms with E-state index in [0.29, 0.717) is 11.6 Å². The van der Waals surface area contributed by atoms with Crippen LogP contribution in [-0.4, -0.2) is 28.3 Å². The van der Waals surface area contributed by atoms with Gasteiger partial charge < -0.3 is 10.2 Å². The Morgan fingerprint density at radius 2 is 1.71 bits per heavy atom. The van der Waals surface area contributed by atoms with Crippen molar-refractivity contribution in [3.63, 3.8) is 0 Å². The second-order valence-corrected chi connectivity index (χ2v) is 7.32. The van der Waals surface area contributed by atoms with Crippen LogP contribution >= 0.6 is 0 Å². The van der Waals surface area contributed by atoms with Crippen LogP contribution in [0.1, 0.15) is 45.7 Å². The molecule has 1 aliphatic rings. The molecule has 0 spiro atoms. The van der Waals surface area contributed by atoms with Gasteiger partial charge in [-0.1, -0.05) is 20.8 Å². The molecule has 1 saturated heterocycles. The number of hydrogen-bond donors (Lipinski definition) is 2. The Morgan fingerprint density at radius 1 is 1.04 bits per heavy atom. The van der Waals surface area contributed by atoms with E-state index in [1.54, 1.807) is 0 Å².